The van der Waals surface area contributed by atoms with Crippen molar-refractivity contribution in [2.45, 2.75) is 0 Å². The van der Waals surface area contributed by atoms with Gasteiger partial charge in [0, 0.05) is 133 Å². The van der Waals surface area contributed by atoms with Crippen LogP contribution in [0.25, 0.3) is 242 Å². The van der Waals surface area contributed by atoms with E-state index in [1.165, 1.54) is 43.8 Å². The molecular weight excluding hydrogens is 1730 g/mol. The third-order valence-corrected chi connectivity index (χ3v) is 29.7. The van der Waals surface area contributed by atoms with E-state index in [0.717, 1.165) is 233 Å². The third-order valence-electron chi connectivity index (χ3n) is 29.7. The van der Waals surface area contributed by atoms with Gasteiger partial charge in [0.25, 0.3) is 0 Å². The molecule has 10 nitrogen and oxygen atoms in total. The summed E-state index contributed by atoms with van der Waals surface area (Å²) in [5.74, 6) is 0. The van der Waals surface area contributed by atoms with Crippen LogP contribution in [0.4, 0.5) is 34.1 Å². The van der Waals surface area contributed by atoms with Gasteiger partial charge in [0.05, 0.1) is 87.7 Å². The molecule has 8 heterocycles. The maximum absolute atomic E-state index is 7.51. The Kier molecular flexibility index (Phi) is 17.4. The van der Waals surface area contributed by atoms with E-state index in [4.69, 9.17) is 8.83 Å². The van der Waals surface area contributed by atoms with Crippen molar-refractivity contribution in [2.75, 3.05) is 9.80 Å². The summed E-state index contributed by atoms with van der Waals surface area (Å²) >= 11 is 0. The molecule has 0 amide bonds. The lowest BCUT2D eigenvalue weighted by molar-refractivity contribution is 0.676. The van der Waals surface area contributed by atoms with E-state index in [-0.39, 0.29) is 0 Å². The molecule has 0 N–H and O–H groups in total. The van der Waals surface area contributed by atoms with E-state index in [0.29, 0.717) is 0 Å². The maximum atomic E-state index is 7.51. The van der Waals surface area contributed by atoms with Gasteiger partial charge >= 0.3 is 0 Å². The Labute approximate surface area is 814 Å². The van der Waals surface area contributed by atoms with Crippen molar-refractivity contribution >= 4 is 209 Å². The fourth-order valence-electron chi connectivity index (χ4n) is 23.5. The standard InChI is InChI=1S/C132H82N8O2/c1-5-27-83(28-6-1)85-51-55-91(56-52-85)133(89-32-9-3-10-33-89)92-57-61-95(62-58-92)136-115-47-21-15-41-107(115)126-121(136)76-71-105-106-72-78-124-128(132(106)142-131(105)126)110-44-18-24-50-118(110)140(124)100-38-26-37-99(82-100)139-114-46-20-14-40-102(114)112-81-88(54-74-120(112)139)87-53-73-119-111(80-87)101-39-13-19-45-113(101)135(119)94-65-67-97(68-66-94)138-117-49-23-17-43-109(117)127-123(138)77-70-104-103-69-75-122-125(129(103)141-130(104)127)108-42-16-22-48-116(108)137(122)96-63-59-93(60-64-96)134(90-34-11-4-12-35-90)98-36-25-31-86(79-98)84-29-7-2-8-30-84/h1-82H. The summed E-state index contributed by atoms with van der Waals surface area (Å²) in [4.78, 5) is 4.67. The molecule has 662 valence electrons. The molecule has 0 bridgehead atoms. The first-order valence-electron chi connectivity index (χ1n) is 48.6. The molecule has 0 aliphatic rings. The Morgan fingerprint density at radius 2 is 0.359 bits per heavy atom. The van der Waals surface area contributed by atoms with Crippen molar-refractivity contribution in [3.63, 3.8) is 0 Å². The molecule has 0 unspecified atom stereocenters. The largest absolute Gasteiger partial charge is 0.455 e. The fraction of sp³-hybridized carbons (Fsp3) is 0. The van der Waals surface area contributed by atoms with Gasteiger partial charge in [0.2, 0.25) is 0 Å². The average Bonchev–Trinajstić information content (AvgIpc) is 1.54. The predicted octanol–water partition coefficient (Wildman–Crippen LogP) is 36.0. The minimum Gasteiger partial charge on any atom is -0.455 e. The zero-order chi connectivity index (χ0) is 92.9. The van der Waals surface area contributed by atoms with Gasteiger partial charge in [0.15, 0.2) is 0 Å². The van der Waals surface area contributed by atoms with Gasteiger partial charge in [-0.1, -0.05) is 249 Å². The normalized spacial score (nSPS) is 12.1. The van der Waals surface area contributed by atoms with Crippen LogP contribution in [-0.4, -0.2) is 27.4 Å². The van der Waals surface area contributed by atoms with Crippen LogP contribution in [0.2, 0.25) is 0 Å². The highest BCUT2D eigenvalue weighted by atomic mass is 16.3. The van der Waals surface area contributed by atoms with Crippen LogP contribution in [0.1, 0.15) is 0 Å². The van der Waals surface area contributed by atoms with E-state index in [2.05, 4.69) is 535 Å². The molecule has 22 aromatic carbocycles. The molecule has 0 aliphatic heterocycles. The first-order valence-corrected chi connectivity index (χ1v) is 48.6. The van der Waals surface area contributed by atoms with Crippen LogP contribution in [0.15, 0.2) is 506 Å². The van der Waals surface area contributed by atoms with Gasteiger partial charge in [-0.15, -0.1) is 0 Å². The molecule has 0 radical (unpaired) electrons. The Balaban J connectivity index is 0.472. The lowest BCUT2D eigenvalue weighted by Crippen LogP contribution is -2.10. The summed E-state index contributed by atoms with van der Waals surface area (Å²) in [5.41, 5.74) is 36.7. The van der Waals surface area contributed by atoms with Crippen LogP contribution in [0.5, 0.6) is 0 Å². The summed E-state index contributed by atoms with van der Waals surface area (Å²) in [7, 11) is 0. The minimum absolute atomic E-state index is 0.875. The lowest BCUT2D eigenvalue weighted by atomic mass is 10.0. The van der Waals surface area contributed by atoms with Gasteiger partial charge in [-0.25, -0.2) is 0 Å². The molecule has 0 saturated heterocycles. The van der Waals surface area contributed by atoms with Crippen LogP contribution in [-0.2, 0) is 0 Å². The summed E-state index contributed by atoms with van der Waals surface area (Å²) in [6.07, 6.45) is 0. The minimum atomic E-state index is 0.875. The number of nitrogens with zero attached hydrogens (tertiary/aromatic N) is 8. The number of fused-ring (bicyclic) bond motifs is 28. The highest BCUT2D eigenvalue weighted by molar-refractivity contribution is 6.31. The van der Waals surface area contributed by atoms with E-state index in [1.807, 2.05) is 0 Å². The molecule has 0 aliphatic carbocycles. The summed E-state index contributed by atoms with van der Waals surface area (Å²) in [6.45, 7) is 0. The Morgan fingerprint density at radius 3 is 0.739 bits per heavy atom. The Hall–Kier alpha value is -19.2. The number of furan rings is 2. The van der Waals surface area contributed by atoms with Gasteiger partial charge in [-0.05, 0) is 282 Å². The van der Waals surface area contributed by atoms with E-state index >= 15 is 0 Å². The number of hydrogen-bond donors (Lipinski definition) is 0. The first kappa shape index (κ1) is 79.1. The molecular formula is C132H82N8O2. The van der Waals surface area contributed by atoms with Gasteiger partial charge in [-0.2, -0.15) is 0 Å². The molecule has 30 rings (SSSR count). The molecule has 10 heteroatoms. The number of hydrogen-bond acceptors (Lipinski definition) is 4. The predicted molar refractivity (Wildman–Crippen MR) is 593 cm³/mol. The topological polar surface area (TPSA) is 62.3 Å². The van der Waals surface area contributed by atoms with E-state index in [9.17, 15) is 0 Å². The highest BCUT2D eigenvalue weighted by Crippen LogP contribution is 2.51. The molecule has 0 atom stereocenters. The van der Waals surface area contributed by atoms with Crippen molar-refractivity contribution in [3.8, 4) is 67.5 Å². The van der Waals surface area contributed by atoms with Crippen LogP contribution in [0, 0.1) is 0 Å². The quantitative estimate of drug-likeness (QED) is 0.103. The Morgan fingerprint density at radius 1 is 0.127 bits per heavy atom. The Bertz CT molecular complexity index is 10400. The monoisotopic (exact) mass is 1810 g/mol. The van der Waals surface area contributed by atoms with Crippen LogP contribution >= 0.6 is 0 Å². The van der Waals surface area contributed by atoms with Crippen molar-refractivity contribution in [1.82, 2.24) is 27.4 Å². The smallest absolute Gasteiger partial charge is 0.145 e. The average molecular weight is 1810 g/mol. The molecule has 0 fully saturated rings. The second-order valence-electron chi connectivity index (χ2n) is 37.4. The molecule has 30 aromatic rings. The second-order valence-corrected chi connectivity index (χ2v) is 37.4. The van der Waals surface area contributed by atoms with Crippen LogP contribution < -0.4 is 9.80 Å². The first-order chi connectivity index (χ1) is 70.5. The maximum Gasteiger partial charge on any atom is 0.145 e. The number of benzene rings is 22. The second kappa shape index (κ2) is 31.2. The SMILES string of the molecule is c1ccc(-c2ccc(N(c3ccccc3)c3ccc(-n4c5ccccc5c5c6oc7c(ccc8c7c7ccccc7n8-c7cccc(-n8c9ccccc9c9cc(-c%10ccc%11c(c%10)c%10ccccc%10n%11-c%10ccc(-n%11c%12ccccc%12c%12c%13oc%14c(ccc%15c%14c%14ccccc%14n%15-c%14ccc(N(c%15ccccc%15)c%15cccc(-c%16ccccc%16)c%15)cc%14)c%13ccc%12%11)cc%10)ccc98)c7)c6ccc54)cc3)cc2)cc1. The summed E-state index contributed by atoms with van der Waals surface area (Å²) in [6, 6.07) is 181. The zero-order valence-electron chi connectivity index (χ0n) is 76.7. The van der Waals surface area contributed by atoms with E-state index in [1.54, 1.807) is 0 Å². The van der Waals surface area contributed by atoms with Crippen molar-refractivity contribution < 1.29 is 8.83 Å². The van der Waals surface area contributed by atoms with Crippen LogP contribution in [0.3, 0.4) is 0 Å². The molecule has 0 spiro atoms. The third kappa shape index (κ3) is 12.0. The van der Waals surface area contributed by atoms with Crippen molar-refractivity contribution in [2.24, 2.45) is 0 Å². The fourth-order valence-corrected chi connectivity index (χ4v) is 23.5. The highest BCUT2D eigenvalue weighted by Gasteiger charge is 2.29. The van der Waals surface area contributed by atoms with Gasteiger partial charge in [0.1, 0.15) is 22.3 Å². The molecule has 0 saturated carbocycles. The van der Waals surface area contributed by atoms with Crippen molar-refractivity contribution in [1.29, 1.82) is 0 Å². The number of aromatic nitrogens is 6. The number of anilines is 6. The van der Waals surface area contributed by atoms with Gasteiger partial charge < -0.3 is 46.0 Å². The molecule has 8 aromatic heterocycles. The van der Waals surface area contributed by atoms with Crippen molar-refractivity contribution in [3.05, 3.63) is 497 Å². The van der Waals surface area contributed by atoms with E-state index < -0.39 is 0 Å². The molecule has 142 heavy (non-hydrogen) atoms. The number of rotatable bonds is 15. The summed E-state index contributed by atoms with van der Waals surface area (Å²) < 4.78 is 29.5. The summed E-state index contributed by atoms with van der Waals surface area (Å²) in [5, 5.41) is 18.0. The van der Waals surface area contributed by atoms with Gasteiger partial charge in [-0.3, -0.25) is 0 Å². The lowest BCUT2D eigenvalue weighted by Gasteiger charge is -2.26. The zero-order valence-corrected chi connectivity index (χ0v) is 76.7. The number of para-hydroxylation sites is 8.